The molecule has 0 aliphatic rings. The van der Waals surface area contributed by atoms with Crippen LogP contribution in [0.4, 0.5) is 0 Å². The summed E-state index contributed by atoms with van der Waals surface area (Å²) in [6.07, 6.45) is 7.40. The van der Waals surface area contributed by atoms with E-state index in [0.29, 0.717) is 10.5 Å². The lowest BCUT2D eigenvalue weighted by Crippen LogP contribution is -2.48. The number of thioether (sulfide) groups is 8. The topological polar surface area (TPSA) is 0 Å². The third-order valence-corrected chi connectivity index (χ3v) is 20.1. The molecule has 4 atom stereocenters. The van der Waals surface area contributed by atoms with Crippen LogP contribution in [-0.4, -0.2) is 56.4 Å². The molecule has 0 aromatic rings. The first-order chi connectivity index (χ1) is 16.0. The average molecular weight is 623 g/mol. The smallest absolute Gasteiger partial charge is 0.154 e. The molecule has 0 aliphatic heterocycles. The Morgan fingerprint density at radius 3 is 1.91 bits per heavy atom. The third-order valence-electron chi connectivity index (χ3n) is 4.93. The van der Waals surface area contributed by atoms with Gasteiger partial charge >= 0.3 is 0 Å². The largest absolute Gasteiger partial charge is 0.164 e. The average Bonchev–Trinajstić information content (AvgIpc) is 2.76. The SMILES string of the molecule is CCCCSC(SCC(C)C)(SC(C)CC)SC(C)(CSC)C(SCC)(SCCC)SC(C)C. The Balaban J connectivity index is 6.62. The molecule has 0 aliphatic carbocycles. The Labute approximate surface area is 249 Å². The van der Waals surface area contributed by atoms with Crippen molar-refractivity contribution >= 4 is 94.1 Å². The van der Waals surface area contributed by atoms with Crippen molar-refractivity contribution in [1.82, 2.24) is 0 Å². The van der Waals surface area contributed by atoms with Gasteiger partial charge in [0.2, 0.25) is 0 Å². The molecule has 206 valence electrons. The maximum absolute atomic E-state index is 2.62. The van der Waals surface area contributed by atoms with Gasteiger partial charge in [0.25, 0.3) is 0 Å². The van der Waals surface area contributed by atoms with Crippen molar-refractivity contribution in [2.24, 2.45) is 5.92 Å². The lowest BCUT2D eigenvalue weighted by molar-refractivity contribution is 0.749. The summed E-state index contributed by atoms with van der Waals surface area (Å²) >= 11 is 17.9. The highest BCUT2D eigenvalue weighted by atomic mass is 32.3. The number of unbranched alkanes of at least 4 members (excludes halogenated alkanes) is 1. The van der Waals surface area contributed by atoms with E-state index in [0.717, 1.165) is 5.92 Å². The first-order valence-corrected chi connectivity index (χ1v) is 21.0. The molecule has 0 spiro atoms. The van der Waals surface area contributed by atoms with Crippen LogP contribution < -0.4 is 0 Å². The molecule has 34 heavy (non-hydrogen) atoms. The number of rotatable bonds is 22. The van der Waals surface area contributed by atoms with Crippen LogP contribution in [0.1, 0.15) is 94.9 Å². The lowest BCUT2D eigenvalue weighted by Gasteiger charge is -2.51. The van der Waals surface area contributed by atoms with E-state index in [9.17, 15) is 0 Å². The van der Waals surface area contributed by atoms with Gasteiger partial charge in [0.1, 0.15) is 3.41 Å². The minimum Gasteiger partial charge on any atom is -0.164 e. The molecule has 0 radical (unpaired) electrons. The summed E-state index contributed by atoms with van der Waals surface area (Å²) < 4.78 is 0.458. The zero-order chi connectivity index (χ0) is 26.3. The second-order valence-corrected chi connectivity index (χ2v) is 23.2. The van der Waals surface area contributed by atoms with E-state index in [-0.39, 0.29) is 10.9 Å². The summed E-state index contributed by atoms with van der Waals surface area (Å²) in [6, 6.07) is 0. The minimum atomic E-state index is 0.142. The zero-order valence-electron chi connectivity index (χ0n) is 23.9. The molecule has 0 aromatic heterocycles. The molecule has 8 heteroatoms. The fourth-order valence-electron chi connectivity index (χ4n) is 3.14. The molecular formula is C26H54S8. The van der Waals surface area contributed by atoms with Gasteiger partial charge in [0.15, 0.2) is 2.74 Å². The van der Waals surface area contributed by atoms with E-state index >= 15 is 0 Å². The Morgan fingerprint density at radius 2 is 1.44 bits per heavy atom. The highest BCUT2D eigenvalue weighted by Crippen LogP contribution is 2.68. The molecule has 0 rings (SSSR count). The fraction of sp³-hybridized carbons (Fsp3) is 1.00. The van der Waals surface area contributed by atoms with Crippen molar-refractivity contribution in [2.45, 2.75) is 116 Å². The summed E-state index contributed by atoms with van der Waals surface area (Å²) in [5.41, 5.74) is 0. The number of hydrogen-bond donors (Lipinski definition) is 0. The van der Waals surface area contributed by atoms with Crippen LogP contribution in [0.15, 0.2) is 0 Å². The molecule has 0 saturated heterocycles. The van der Waals surface area contributed by atoms with Gasteiger partial charge in [0.05, 0.1) is 4.75 Å². The Kier molecular flexibility index (Phi) is 21.4. The molecule has 0 bridgehead atoms. The van der Waals surface area contributed by atoms with Crippen LogP contribution in [0.2, 0.25) is 0 Å². The molecule has 4 unspecified atom stereocenters. The second-order valence-electron chi connectivity index (χ2n) is 9.51. The maximum Gasteiger partial charge on any atom is 0.154 e. The summed E-state index contributed by atoms with van der Waals surface area (Å²) in [5, 5.41) is 1.30. The van der Waals surface area contributed by atoms with Gasteiger partial charge < -0.3 is 0 Å². The van der Waals surface area contributed by atoms with Gasteiger partial charge in [0, 0.05) is 16.3 Å². The minimum absolute atomic E-state index is 0.142. The molecule has 0 fully saturated rings. The Hall–Kier alpha value is 2.80. The Bertz CT molecular complexity index is 503. The normalized spacial score (nSPS) is 18.6. The van der Waals surface area contributed by atoms with Crippen molar-refractivity contribution in [3.05, 3.63) is 0 Å². The molecule has 0 saturated carbocycles. The van der Waals surface area contributed by atoms with E-state index in [1.807, 2.05) is 0 Å². The first-order valence-electron chi connectivity index (χ1n) is 13.1. The van der Waals surface area contributed by atoms with E-state index in [4.69, 9.17) is 0 Å². The van der Waals surface area contributed by atoms with Gasteiger partial charge in [-0.1, -0.05) is 68.7 Å². The van der Waals surface area contributed by atoms with Crippen LogP contribution in [0.3, 0.4) is 0 Å². The predicted molar refractivity (Wildman–Crippen MR) is 185 cm³/mol. The van der Waals surface area contributed by atoms with E-state index in [1.165, 1.54) is 54.4 Å². The summed E-state index contributed by atoms with van der Waals surface area (Å²) in [4.78, 5) is 0. The van der Waals surface area contributed by atoms with Crippen LogP contribution in [0, 0.1) is 5.92 Å². The molecular weight excluding hydrogens is 569 g/mol. The molecule has 0 amide bonds. The van der Waals surface area contributed by atoms with Crippen molar-refractivity contribution in [2.75, 3.05) is 35.0 Å². The summed E-state index contributed by atoms with van der Waals surface area (Å²) in [6.45, 7) is 24.0. The highest BCUT2D eigenvalue weighted by Gasteiger charge is 2.55. The van der Waals surface area contributed by atoms with E-state index in [1.54, 1.807) is 0 Å². The fourth-order valence-corrected chi connectivity index (χ4v) is 20.0. The van der Waals surface area contributed by atoms with Gasteiger partial charge in [-0.25, -0.2) is 0 Å². The van der Waals surface area contributed by atoms with Gasteiger partial charge in [-0.2, -0.15) is 11.8 Å². The second kappa shape index (κ2) is 19.8. The van der Waals surface area contributed by atoms with Gasteiger partial charge in [-0.05, 0) is 61.4 Å². The summed E-state index contributed by atoms with van der Waals surface area (Å²) in [5.74, 6) is 6.83. The monoisotopic (exact) mass is 622 g/mol. The third kappa shape index (κ3) is 13.2. The van der Waals surface area contributed by atoms with E-state index in [2.05, 4.69) is 170 Å². The maximum atomic E-state index is 2.62. The first kappa shape index (κ1) is 36.8. The zero-order valence-corrected chi connectivity index (χ0v) is 30.4. The van der Waals surface area contributed by atoms with Crippen molar-refractivity contribution in [3.8, 4) is 0 Å². The Morgan fingerprint density at radius 1 is 0.765 bits per heavy atom. The van der Waals surface area contributed by atoms with Crippen molar-refractivity contribution in [3.63, 3.8) is 0 Å². The van der Waals surface area contributed by atoms with Crippen molar-refractivity contribution < 1.29 is 0 Å². The summed E-state index contributed by atoms with van der Waals surface area (Å²) in [7, 11) is 0. The standard InChI is InChI=1S/C26H54S8/c1-12-16-18-30-26(31-19-21(5)6,33-23(9)14-3)34-24(10,20-27-11)25(28-15-4,29-17-13-2)32-22(7)8/h21-23H,12-20H2,1-11H3. The van der Waals surface area contributed by atoms with Crippen LogP contribution >= 0.6 is 94.1 Å². The molecule has 0 N–H and O–H groups in total. The molecule has 0 aromatic carbocycles. The quantitative estimate of drug-likeness (QED) is 0.0852. The van der Waals surface area contributed by atoms with Crippen molar-refractivity contribution in [1.29, 1.82) is 0 Å². The van der Waals surface area contributed by atoms with Crippen LogP contribution in [0.25, 0.3) is 0 Å². The predicted octanol–water partition coefficient (Wildman–Crippen LogP) is 11.6. The molecule has 0 heterocycles. The van der Waals surface area contributed by atoms with Crippen LogP contribution in [0.5, 0.6) is 0 Å². The number of hydrogen-bond acceptors (Lipinski definition) is 8. The highest BCUT2D eigenvalue weighted by molar-refractivity contribution is 8.48. The lowest BCUT2D eigenvalue weighted by atomic mass is 10.2. The van der Waals surface area contributed by atoms with Gasteiger partial charge in [-0.3, -0.25) is 0 Å². The molecule has 0 nitrogen and oxygen atoms in total. The van der Waals surface area contributed by atoms with E-state index < -0.39 is 0 Å². The van der Waals surface area contributed by atoms with Crippen LogP contribution in [-0.2, 0) is 0 Å². The van der Waals surface area contributed by atoms with Gasteiger partial charge in [-0.15, -0.1) is 82.3 Å².